The molecular weight excluding hydrogens is 210 g/mol. The van der Waals surface area contributed by atoms with Crippen molar-refractivity contribution in [3.05, 3.63) is 42.2 Å². The van der Waals surface area contributed by atoms with Crippen LogP contribution in [0.4, 0.5) is 0 Å². The summed E-state index contributed by atoms with van der Waals surface area (Å²) in [7, 11) is 0. The van der Waals surface area contributed by atoms with E-state index in [-0.39, 0.29) is 0 Å². The summed E-state index contributed by atoms with van der Waals surface area (Å²) >= 11 is 0. The largest absolute Gasteiger partial charge is 0.345 e. The Morgan fingerprint density at radius 2 is 2.41 bits per heavy atom. The van der Waals surface area contributed by atoms with Gasteiger partial charge in [0.2, 0.25) is 0 Å². The molecule has 1 unspecified atom stereocenters. The van der Waals surface area contributed by atoms with E-state index < -0.39 is 0 Å². The molecule has 0 fully saturated rings. The number of aromatic amines is 1. The molecule has 1 heterocycles. The van der Waals surface area contributed by atoms with Gasteiger partial charge in [0.15, 0.2) is 0 Å². The van der Waals surface area contributed by atoms with Gasteiger partial charge >= 0.3 is 0 Å². The van der Waals surface area contributed by atoms with E-state index in [0.29, 0.717) is 0 Å². The number of fused-ring (bicyclic) bond motifs is 1. The molecule has 1 aromatic heterocycles. The summed E-state index contributed by atoms with van der Waals surface area (Å²) in [5.74, 6) is 0.728. The lowest BCUT2D eigenvalue weighted by atomic mass is 10.1. The van der Waals surface area contributed by atoms with Crippen molar-refractivity contribution in [1.29, 1.82) is 0 Å². The fourth-order valence-corrected chi connectivity index (χ4v) is 2.36. The van der Waals surface area contributed by atoms with E-state index in [1.165, 1.54) is 18.4 Å². The highest BCUT2D eigenvalue weighted by atomic mass is 14.9. The van der Waals surface area contributed by atoms with E-state index in [2.05, 4.69) is 45.6 Å². The van der Waals surface area contributed by atoms with Crippen LogP contribution in [-0.4, -0.2) is 16.5 Å². The molecule has 0 amide bonds. The minimum atomic E-state index is 0.728. The number of imidazole rings is 1. The number of benzene rings is 1. The molecule has 17 heavy (non-hydrogen) atoms. The number of nitrogens with one attached hydrogen (secondary N) is 2. The van der Waals surface area contributed by atoms with Gasteiger partial charge in [-0.25, -0.2) is 4.98 Å². The average molecular weight is 227 g/mol. The fourth-order valence-electron chi connectivity index (χ4n) is 2.36. The van der Waals surface area contributed by atoms with Crippen LogP contribution in [0.2, 0.25) is 0 Å². The highest BCUT2D eigenvalue weighted by Crippen LogP contribution is 2.16. The number of allylic oxidation sites excluding steroid dienone is 1. The van der Waals surface area contributed by atoms with Crippen molar-refractivity contribution in [2.75, 3.05) is 6.54 Å². The van der Waals surface area contributed by atoms with Crippen molar-refractivity contribution >= 4 is 11.0 Å². The second kappa shape index (κ2) is 4.72. The molecular formula is C14H17N3. The van der Waals surface area contributed by atoms with Gasteiger partial charge in [-0.1, -0.05) is 18.2 Å². The van der Waals surface area contributed by atoms with Crippen molar-refractivity contribution in [1.82, 2.24) is 15.3 Å². The van der Waals surface area contributed by atoms with E-state index >= 15 is 0 Å². The van der Waals surface area contributed by atoms with E-state index in [9.17, 15) is 0 Å². The van der Waals surface area contributed by atoms with Crippen LogP contribution in [0, 0.1) is 5.92 Å². The maximum atomic E-state index is 4.22. The SMILES string of the molecule is C1=CC(CNCc2ccc3nc[nH]c3c2)CC1. The topological polar surface area (TPSA) is 40.7 Å². The van der Waals surface area contributed by atoms with Gasteiger partial charge in [0.1, 0.15) is 0 Å². The molecule has 3 nitrogen and oxygen atoms in total. The number of hydrogen-bond acceptors (Lipinski definition) is 2. The first-order chi connectivity index (χ1) is 8.42. The Bertz CT molecular complexity index is 527. The summed E-state index contributed by atoms with van der Waals surface area (Å²) in [6.45, 7) is 2.01. The maximum Gasteiger partial charge on any atom is 0.0931 e. The van der Waals surface area contributed by atoms with Crippen LogP contribution < -0.4 is 5.32 Å². The van der Waals surface area contributed by atoms with E-state index in [4.69, 9.17) is 0 Å². The molecule has 2 N–H and O–H groups in total. The van der Waals surface area contributed by atoms with Crippen molar-refractivity contribution in [3.8, 4) is 0 Å². The van der Waals surface area contributed by atoms with Crippen LogP contribution in [0.25, 0.3) is 11.0 Å². The Labute approximate surface area is 101 Å². The van der Waals surface area contributed by atoms with Gasteiger partial charge in [0, 0.05) is 13.1 Å². The van der Waals surface area contributed by atoms with Gasteiger partial charge in [-0.2, -0.15) is 0 Å². The lowest BCUT2D eigenvalue weighted by Crippen LogP contribution is -2.20. The van der Waals surface area contributed by atoms with Crippen molar-refractivity contribution in [3.63, 3.8) is 0 Å². The van der Waals surface area contributed by atoms with Gasteiger partial charge < -0.3 is 10.3 Å². The summed E-state index contributed by atoms with van der Waals surface area (Å²) in [5, 5.41) is 3.51. The van der Waals surface area contributed by atoms with Gasteiger partial charge in [-0.15, -0.1) is 0 Å². The molecule has 2 aromatic rings. The molecule has 1 aliphatic carbocycles. The van der Waals surface area contributed by atoms with Gasteiger partial charge in [0.25, 0.3) is 0 Å². The van der Waals surface area contributed by atoms with E-state index in [0.717, 1.165) is 30.0 Å². The average Bonchev–Trinajstić information content (AvgIpc) is 2.98. The predicted octanol–water partition coefficient (Wildman–Crippen LogP) is 2.62. The molecule has 88 valence electrons. The molecule has 1 aromatic carbocycles. The number of hydrogen-bond donors (Lipinski definition) is 2. The van der Waals surface area contributed by atoms with Crippen LogP contribution in [0.5, 0.6) is 0 Å². The smallest absolute Gasteiger partial charge is 0.0931 e. The van der Waals surface area contributed by atoms with E-state index in [1.54, 1.807) is 6.33 Å². The zero-order chi connectivity index (χ0) is 11.5. The van der Waals surface area contributed by atoms with Crippen molar-refractivity contribution < 1.29 is 0 Å². The van der Waals surface area contributed by atoms with Gasteiger partial charge in [-0.05, 0) is 36.5 Å². The maximum absolute atomic E-state index is 4.22. The number of aromatic nitrogens is 2. The number of rotatable bonds is 4. The zero-order valence-corrected chi connectivity index (χ0v) is 9.82. The van der Waals surface area contributed by atoms with Crippen LogP contribution in [0.3, 0.4) is 0 Å². The first-order valence-electron chi connectivity index (χ1n) is 6.21. The first kappa shape index (κ1) is 10.5. The molecule has 1 aliphatic rings. The van der Waals surface area contributed by atoms with Gasteiger partial charge in [-0.3, -0.25) is 0 Å². The summed E-state index contributed by atoms with van der Waals surface area (Å²) in [5.41, 5.74) is 3.46. The Balaban J connectivity index is 1.58. The molecule has 0 aliphatic heterocycles. The number of nitrogens with zero attached hydrogens (tertiary/aromatic N) is 1. The lowest BCUT2D eigenvalue weighted by Gasteiger charge is -2.09. The lowest BCUT2D eigenvalue weighted by molar-refractivity contribution is 0.548. The molecule has 0 radical (unpaired) electrons. The standard InChI is InChI=1S/C14H17N3/c1-2-4-11(3-1)8-15-9-12-5-6-13-14(7-12)17-10-16-13/h1,3,5-7,10-11,15H,2,4,8-9H2,(H,16,17). The second-order valence-electron chi connectivity index (χ2n) is 4.65. The second-order valence-corrected chi connectivity index (χ2v) is 4.65. The highest BCUT2D eigenvalue weighted by molar-refractivity contribution is 5.74. The first-order valence-corrected chi connectivity index (χ1v) is 6.21. The van der Waals surface area contributed by atoms with Gasteiger partial charge in [0.05, 0.1) is 17.4 Å². The Kier molecular flexibility index (Phi) is 2.92. The fraction of sp³-hybridized carbons (Fsp3) is 0.357. The van der Waals surface area contributed by atoms with Crippen LogP contribution in [0.15, 0.2) is 36.7 Å². The van der Waals surface area contributed by atoms with Crippen LogP contribution >= 0.6 is 0 Å². The molecule has 3 rings (SSSR count). The van der Waals surface area contributed by atoms with Crippen molar-refractivity contribution in [2.24, 2.45) is 5.92 Å². The summed E-state index contributed by atoms with van der Waals surface area (Å²) in [6.07, 6.45) is 8.89. The third kappa shape index (κ3) is 2.39. The summed E-state index contributed by atoms with van der Waals surface area (Å²) in [6, 6.07) is 6.37. The zero-order valence-electron chi connectivity index (χ0n) is 9.82. The third-order valence-electron chi connectivity index (χ3n) is 3.33. The molecule has 0 saturated carbocycles. The monoisotopic (exact) mass is 227 g/mol. The van der Waals surface area contributed by atoms with Crippen molar-refractivity contribution in [2.45, 2.75) is 19.4 Å². The molecule has 3 heteroatoms. The van der Waals surface area contributed by atoms with Crippen LogP contribution in [0.1, 0.15) is 18.4 Å². The molecule has 0 saturated heterocycles. The third-order valence-corrected chi connectivity index (χ3v) is 3.33. The normalized spacial score (nSPS) is 19.2. The molecule has 0 spiro atoms. The summed E-state index contributed by atoms with van der Waals surface area (Å²) in [4.78, 5) is 7.36. The Morgan fingerprint density at radius 3 is 3.29 bits per heavy atom. The summed E-state index contributed by atoms with van der Waals surface area (Å²) < 4.78 is 0. The quantitative estimate of drug-likeness (QED) is 0.788. The molecule has 0 bridgehead atoms. The number of H-pyrrole nitrogens is 1. The molecule has 1 atom stereocenters. The van der Waals surface area contributed by atoms with Crippen LogP contribution in [-0.2, 0) is 6.54 Å². The predicted molar refractivity (Wildman–Crippen MR) is 69.7 cm³/mol. The highest BCUT2D eigenvalue weighted by Gasteiger charge is 2.08. The van der Waals surface area contributed by atoms with E-state index in [1.807, 2.05) is 0 Å². The minimum absolute atomic E-state index is 0.728. The Hall–Kier alpha value is -1.61. The minimum Gasteiger partial charge on any atom is -0.345 e. The Morgan fingerprint density at radius 1 is 1.41 bits per heavy atom.